The molecule has 2 aromatic carbocycles. The maximum atomic E-state index is 13.5. The number of ether oxygens (including phenoxy) is 2. The van der Waals surface area contributed by atoms with Crippen molar-refractivity contribution in [1.82, 2.24) is 0 Å². The molecule has 2 aliphatic carbocycles. The summed E-state index contributed by atoms with van der Waals surface area (Å²) in [7, 11) is 0. The van der Waals surface area contributed by atoms with Crippen molar-refractivity contribution in [2.75, 3.05) is 0 Å². The Morgan fingerprint density at radius 3 is 2.03 bits per heavy atom. The van der Waals surface area contributed by atoms with Gasteiger partial charge >= 0.3 is 0 Å². The Bertz CT molecular complexity index is 1280. The summed E-state index contributed by atoms with van der Waals surface area (Å²) in [4.78, 5) is 26.9. The van der Waals surface area contributed by atoms with Crippen molar-refractivity contribution in [1.29, 1.82) is 0 Å². The molecular weight excluding hydrogens is 495 g/mol. The molecule has 0 unspecified atom stereocenters. The van der Waals surface area contributed by atoms with Crippen molar-refractivity contribution in [3.8, 4) is 5.75 Å². The van der Waals surface area contributed by atoms with E-state index < -0.39 is 5.92 Å². The molecule has 36 heavy (non-hydrogen) atoms. The van der Waals surface area contributed by atoms with E-state index in [0.29, 0.717) is 70.7 Å². The fraction of sp³-hybridized carbons (Fsp3) is 0.400. The van der Waals surface area contributed by atoms with E-state index in [9.17, 15) is 9.59 Å². The number of allylic oxidation sites excluding steroid dienone is 4. The molecule has 3 aliphatic rings. The topological polar surface area (TPSA) is 52.6 Å². The molecule has 1 aliphatic heterocycles. The number of hydrogen-bond donors (Lipinski definition) is 0. The van der Waals surface area contributed by atoms with Crippen molar-refractivity contribution in [3.05, 3.63) is 86.3 Å². The minimum Gasteiger partial charge on any atom is -0.489 e. The average Bonchev–Trinajstić information content (AvgIpc) is 2.77. The van der Waals surface area contributed by atoms with Crippen LogP contribution in [-0.4, -0.2) is 11.6 Å². The third-order valence-corrected chi connectivity index (χ3v) is 7.90. The molecule has 0 amide bonds. The summed E-state index contributed by atoms with van der Waals surface area (Å²) in [5, 5.41) is 0.973. The summed E-state index contributed by atoms with van der Waals surface area (Å²) < 4.78 is 12.5. The Kier molecular flexibility index (Phi) is 6.33. The van der Waals surface area contributed by atoms with Crippen LogP contribution in [0, 0.1) is 10.8 Å². The van der Waals surface area contributed by atoms with Crippen LogP contribution in [-0.2, 0) is 20.9 Å². The number of rotatable bonds is 4. The average molecular weight is 525 g/mol. The summed E-state index contributed by atoms with van der Waals surface area (Å²) in [6.45, 7) is 8.67. The van der Waals surface area contributed by atoms with E-state index >= 15 is 0 Å². The van der Waals surface area contributed by atoms with Crippen molar-refractivity contribution in [3.63, 3.8) is 0 Å². The number of carbonyl (C=O) groups excluding carboxylic acids is 2. The first-order valence-electron chi connectivity index (χ1n) is 12.3. The van der Waals surface area contributed by atoms with Crippen molar-refractivity contribution in [2.45, 2.75) is 65.9 Å². The summed E-state index contributed by atoms with van der Waals surface area (Å²) >= 11 is 12.2. The van der Waals surface area contributed by atoms with Gasteiger partial charge in [0.15, 0.2) is 11.6 Å². The van der Waals surface area contributed by atoms with E-state index in [0.717, 1.165) is 11.1 Å². The molecule has 0 fully saturated rings. The lowest BCUT2D eigenvalue weighted by molar-refractivity contribution is -0.120. The van der Waals surface area contributed by atoms with Crippen LogP contribution in [0.5, 0.6) is 5.75 Å². The van der Waals surface area contributed by atoms with Crippen LogP contribution in [0.2, 0.25) is 10.0 Å². The van der Waals surface area contributed by atoms with Crippen LogP contribution in [0.15, 0.2) is 65.1 Å². The van der Waals surface area contributed by atoms with E-state index in [-0.39, 0.29) is 22.4 Å². The van der Waals surface area contributed by atoms with E-state index in [2.05, 4.69) is 27.7 Å². The SMILES string of the molecule is CC1(C)CC(=O)C2=C(C1)OC1=C(C(=O)CC(C)(C)C1)C2c1cccc(OCc2ccc(Cl)c(Cl)c2)c1. The fourth-order valence-corrected chi connectivity index (χ4v) is 5.91. The van der Waals surface area contributed by atoms with E-state index in [1.54, 1.807) is 12.1 Å². The minimum atomic E-state index is -0.440. The van der Waals surface area contributed by atoms with E-state index in [4.69, 9.17) is 32.7 Å². The number of hydrogen-bond acceptors (Lipinski definition) is 4. The highest BCUT2D eigenvalue weighted by molar-refractivity contribution is 6.42. The second kappa shape index (κ2) is 9.08. The Hall–Kier alpha value is -2.56. The third kappa shape index (κ3) is 4.86. The molecule has 188 valence electrons. The molecule has 0 bridgehead atoms. The van der Waals surface area contributed by atoms with Gasteiger partial charge in [0.1, 0.15) is 23.9 Å². The molecule has 0 radical (unpaired) electrons. The van der Waals surface area contributed by atoms with Crippen LogP contribution < -0.4 is 4.74 Å². The Morgan fingerprint density at radius 2 is 1.44 bits per heavy atom. The zero-order chi connectivity index (χ0) is 25.8. The van der Waals surface area contributed by atoms with Gasteiger partial charge in [0.25, 0.3) is 0 Å². The molecule has 2 aromatic rings. The molecule has 0 spiro atoms. The second-order valence-electron chi connectivity index (χ2n) is 11.7. The molecular formula is C30H30Cl2O4. The van der Waals surface area contributed by atoms with E-state index in [1.807, 2.05) is 30.3 Å². The number of ketones is 2. The van der Waals surface area contributed by atoms with E-state index in [1.165, 1.54) is 0 Å². The molecule has 0 saturated heterocycles. The highest BCUT2D eigenvalue weighted by Gasteiger charge is 2.47. The van der Waals surface area contributed by atoms with Crippen LogP contribution in [0.25, 0.3) is 0 Å². The zero-order valence-electron chi connectivity index (χ0n) is 21.0. The highest BCUT2D eigenvalue weighted by atomic mass is 35.5. The Labute approximate surface area is 222 Å². The van der Waals surface area contributed by atoms with Gasteiger partial charge in [-0.15, -0.1) is 0 Å². The quantitative estimate of drug-likeness (QED) is 0.406. The standard InChI is InChI=1S/C30H30Cl2O4/c1-29(2)12-22(33)27-24(14-29)36-25-15-30(3,4)13-23(34)28(25)26(27)18-6-5-7-19(11-18)35-16-17-8-9-20(31)21(32)10-17/h5-11,26H,12-16H2,1-4H3. The Balaban J connectivity index is 1.53. The first-order valence-corrected chi connectivity index (χ1v) is 13.1. The first-order chi connectivity index (χ1) is 16.9. The second-order valence-corrected chi connectivity index (χ2v) is 12.5. The number of Topliss-reactive ketones (excluding diaryl/α,β-unsaturated/α-hetero) is 2. The molecule has 0 N–H and O–H groups in total. The van der Waals surface area contributed by atoms with Gasteiger partial charge in [-0.25, -0.2) is 0 Å². The maximum Gasteiger partial charge on any atom is 0.163 e. The summed E-state index contributed by atoms with van der Waals surface area (Å²) in [5.74, 6) is 1.75. The third-order valence-electron chi connectivity index (χ3n) is 7.16. The van der Waals surface area contributed by atoms with Crippen LogP contribution in [0.4, 0.5) is 0 Å². The van der Waals surface area contributed by atoms with Gasteiger partial charge in [0, 0.05) is 42.7 Å². The van der Waals surface area contributed by atoms with Gasteiger partial charge in [-0.1, -0.05) is 69.1 Å². The molecule has 1 heterocycles. The smallest absolute Gasteiger partial charge is 0.163 e. The van der Waals surface area contributed by atoms with Crippen LogP contribution >= 0.6 is 23.2 Å². The lowest BCUT2D eigenvalue weighted by atomic mass is 9.65. The lowest BCUT2D eigenvalue weighted by Gasteiger charge is -2.42. The van der Waals surface area contributed by atoms with Crippen molar-refractivity contribution >= 4 is 34.8 Å². The number of benzene rings is 2. The van der Waals surface area contributed by atoms with Gasteiger partial charge in [-0.05, 0) is 46.2 Å². The molecule has 4 nitrogen and oxygen atoms in total. The molecule has 6 heteroatoms. The zero-order valence-corrected chi connectivity index (χ0v) is 22.6. The molecule has 0 saturated carbocycles. The molecule has 0 atom stereocenters. The minimum absolute atomic E-state index is 0.0533. The normalized spacial score (nSPS) is 21.2. The van der Waals surface area contributed by atoms with Gasteiger partial charge < -0.3 is 9.47 Å². The van der Waals surface area contributed by atoms with Gasteiger partial charge in [-0.2, -0.15) is 0 Å². The van der Waals surface area contributed by atoms with Crippen LogP contribution in [0.3, 0.4) is 0 Å². The lowest BCUT2D eigenvalue weighted by Crippen LogP contribution is -2.37. The molecule has 0 aromatic heterocycles. The number of carbonyl (C=O) groups is 2. The molecule has 5 rings (SSSR count). The maximum absolute atomic E-state index is 13.5. The highest BCUT2D eigenvalue weighted by Crippen LogP contribution is 2.53. The number of halogens is 2. The van der Waals surface area contributed by atoms with Gasteiger partial charge in [0.2, 0.25) is 0 Å². The Morgan fingerprint density at radius 1 is 0.833 bits per heavy atom. The fourth-order valence-electron chi connectivity index (χ4n) is 5.59. The predicted octanol–water partition coefficient (Wildman–Crippen LogP) is 7.97. The van der Waals surface area contributed by atoms with Crippen LogP contribution in [0.1, 0.15) is 70.4 Å². The van der Waals surface area contributed by atoms with Gasteiger partial charge in [-0.3, -0.25) is 9.59 Å². The van der Waals surface area contributed by atoms with Gasteiger partial charge in [0.05, 0.1) is 10.0 Å². The predicted molar refractivity (Wildman–Crippen MR) is 141 cm³/mol. The van der Waals surface area contributed by atoms with Crippen molar-refractivity contribution < 1.29 is 19.1 Å². The monoisotopic (exact) mass is 524 g/mol. The summed E-state index contributed by atoms with van der Waals surface area (Å²) in [6, 6.07) is 13.1. The summed E-state index contributed by atoms with van der Waals surface area (Å²) in [6.07, 6.45) is 2.20. The largest absolute Gasteiger partial charge is 0.489 e. The first kappa shape index (κ1) is 25.1. The summed E-state index contributed by atoms with van der Waals surface area (Å²) in [5.41, 5.74) is 2.65. The van der Waals surface area contributed by atoms with Crippen molar-refractivity contribution in [2.24, 2.45) is 10.8 Å².